The molecule has 0 atom stereocenters. The Hall–Kier alpha value is -1.82. The number of hydrogen-bond donors (Lipinski definition) is 1. The van der Waals surface area contributed by atoms with Crippen LogP contribution in [-0.4, -0.2) is 16.2 Å². The van der Waals surface area contributed by atoms with Gasteiger partial charge in [-0.15, -0.1) is 0 Å². The summed E-state index contributed by atoms with van der Waals surface area (Å²) < 4.78 is 31.2. The number of nitrogens with zero attached hydrogens (tertiary/aromatic N) is 2. The van der Waals surface area contributed by atoms with Gasteiger partial charge >= 0.3 is 0 Å². The van der Waals surface area contributed by atoms with Crippen LogP contribution in [0.1, 0.15) is 31.1 Å². The predicted octanol–water partition coefficient (Wildman–Crippen LogP) is 2.44. The molecule has 0 aliphatic heterocycles. The lowest BCUT2D eigenvalue weighted by Gasteiger charge is -2.03. The third kappa shape index (κ3) is 3.82. The smallest absolute Gasteiger partial charge is 0.231 e. The van der Waals surface area contributed by atoms with Crippen LogP contribution in [0.5, 0.6) is 0 Å². The zero-order chi connectivity index (χ0) is 13.8. The fourth-order valence-electron chi connectivity index (χ4n) is 1.56. The molecule has 0 saturated carbocycles. The Kier molecular flexibility index (Phi) is 4.21. The van der Waals surface area contributed by atoms with Crippen LogP contribution in [-0.2, 0) is 13.0 Å². The van der Waals surface area contributed by atoms with Gasteiger partial charge in [0, 0.05) is 12.1 Å². The van der Waals surface area contributed by atoms with E-state index in [-0.39, 0.29) is 6.42 Å². The molecule has 0 radical (unpaired) electrons. The van der Waals surface area contributed by atoms with E-state index in [2.05, 4.69) is 15.5 Å². The summed E-state index contributed by atoms with van der Waals surface area (Å²) in [5.74, 6) is -0.383. The zero-order valence-corrected chi connectivity index (χ0v) is 10.8. The normalized spacial score (nSPS) is 11.2. The molecule has 2 aromatic rings. The molecule has 0 saturated heterocycles. The van der Waals surface area contributed by atoms with Gasteiger partial charge in [-0.25, -0.2) is 8.78 Å². The molecule has 4 nitrogen and oxygen atoms in total. The Morgan fingerprint density at radius 2 is 2.11 bits per heavy atom. The van der Waals surface area contributed by atoms with Gasteiger partial charge in [-0.2, -0.15) is 4.98 Å². The summed E-state index contributed by atoms with van der Waals surface area (Å²) in [6.07, 6.45) is 0.154. The van der Waals surface area contributed by atoms with E-state index in [0.717, 1.165) is 6.07 Å². The molecule has 1 N–H and O–H groups in total. The van der Waals surface area contributed by atoms with Gasteiger partial charge in [0.25, 0.3) is 0 Å². The third-order valence-electron chi connectivity index (χ3n) is 2.54. The van der Waals surface area contributed by atoms with E-state index in [4.69, 9.17) is 4.52 Å². The second-order valence-electron chi connectivity index (χ2n) is 4.55. The van der Waals surface area contributed by atoms with Gasteiger partial charge in [0.1, 0.15) is 11.6 Å². The lowest BCUT2D eigenvalue weighted by molar-refractivity contribution is 0.375. The van der Waals surface area contributed by atoms with Crippen molar-refractivity contribution in [3.8, 4) is 0 Å². The van der Waals surface area contributed by atoms with Crippen LogP contribution in [0.2, 0.25) is 0 Å². The van der Waals surface area contributed by atoms with Crippen LogP contribution in [0.25, 0.3) is 0 Å². The fraction of sp³-hybridized carbons (Fsp3) is 0.385. The van der Waals surface area contributed by atoms with Crippen LogP contribution < -0.4 is 5.32 Å². The molecule has 19 heavy (non-hydrogen) atoms. The highest BCUT2D eigenvalue weighted by Crippen LogP contribution is 2.13. The first kappa shape index (κ1) is 13.6. The minimum atomic E-state index is -0.611. The van der Waals surface area contributed by atoms with Crippen LogP contribution in [0, 0.1) is 11.6 Å². The van der Waals surface area contributed by atoms with E-state index < -0.39 is 11.6 Å². The van der Waals surface area contributed by atoms with Crippen molar-refractivity contribution in [2.24, 2.45) is 0 Å². The second-order valence-corrected chi connectivity index (χ2v) is 4.55. The molecule has 6 heteroatoms. The molecule has 0 bridgehead atoms. The van der Waals surface area contributed by atoms with Crippen molar-refractivity contribution in [2.45, 2.75) is 32.9 Å². The highest BCUT2D eigenvalue weighted by atomic mass is 19.1. The minimum Gasteiger partial charge on any atom is -0.339 e. The van der Waals surface area contributed by atoms with Crippen molar-refractivity contribution in [2.75, 3.05) is 0 Å². The molecular formula is C13H15F2N3O. The lowest BCUT2D eigenvalue weighted by Crippen LogP contribution is -2.22. The molecule has 0 fully saturated rings. The van der Waals surface area contributed by atoms with E-state index in [1.54, 1.807) is 0 Å². The van der Waals surface area contributed by atoms with Crippen molar-refractivity contribution < 1.29 is 13.3 Å². The van der Waals surface area contributed by atoms with Gasteiger partial charge in [-0.05, 0) is 11.6 Å². The van der Waals surface area contributed by atoms with Crippen molar-refractivity contribution in [3.63, 3.8) is 0 Å². The molecule has 102 valence electrons. The van der Waals surface area contributed by atoms with Gasteiger partial charge in [-0.3, -0.25) is 0 Å². The molecule has 2 rings (SSSR count). The fourth-order valence-corrected chi connectivity index (χ4v) is 1.56. The highest BCUT2D eigenvalue weighted by molar-refractivity contribution is 5.21. The summed E-state index contributed by atoms with van der Waals surface area (Å²) >= 11 is 0. The van der Waals surface area contributed by atoms with Crippen LogP contribution >= 0.6 is 0 Å². The van der Waals surface area contributed by atoms with Crippen molar-refractivity contribution in [1.29, 1.82) is 0 Å². The molecule has 0 aliphatic carbocycles. The van der Waals surface area contributed by atoms with E-state index in [1.165, 1.54) is 12.1 Å². The molecule has 0 amide bonds. The van der Waals surface area contributed by atoms with E-state index in [1.807, 2.05) is 13.8 Å². The van der Waals surface area contributed by atoms with Gasteiger partial charge in [0.2, 0.25) is 5.89 Å². The SMILES string of the molecule is CC(C)NCc1noc(Cc2ccc(F)cc2F)n1. The lowest BCUT2D eigenvalue weighted by atomic mass is 10.1. The average molecular weight is 267 g/mol. The first-order valence-corrected chi connectivity index (χ1v) is 6.03. The summed E-state index contributed by atoms with van der Waals surface area (Å²) in [6, 6.07) is 3.74. The molecule has 0 aliphatic rings. The number of hydrogen-bond acceptors (Lipinski definition) is 4. The quantitative estimate of drug-likeness (QED) is 0.904. The standard InChI is InChI=1S/C13H15F2N3O/c1-8(2)16-7-12-17-13(19-18-12)5-9-3-4-10(14)6-11(9)15/h3-4,6,8,16H,5,7H2,1-2H3. The maximum Gasteiger partial charge on any atom is 0.231 e. The number of halogens is 2. The van der Waals surface area contributed by atoms with E-state index in [9.17, 15) is 8.78 Å². The zero-order valence-electron chi connectivity index (χ0n) is 10.8. The van der Waals surface area contributed by atoms with Crippen molar-refractivity contribution in [3.05, 3.63) is 47.1 Å². The summed E-state index contributed by atoms with van der Waals surface area (Å²) in [5.41, 5.74) is 0.327. The first-order valence-electron chi connectivity index (χ1n) is 6.03. The highest BCUT2D eigenvalue weighted by Gasteiger charge is 2.11. The first-order chi connectivity index (χ1) is 9.04. The van der Waals surface area contributed by atoms with Crippen molar-refractivity contribution >= 4 is 0 Å². The molecule has 1 aromatic heterocycles. The molecule has 1 heterocycles. The van der Waals surface area contributed by atoms with Gasteiger partial charge in [0.05, 0.1) is 13.0 Å². The van der Waals surface area contributed by atoms with Crippen LogP contribution in [0.4, 0.5) is 8.78 Å². The Morgan fingerprint density at radius 3 is 2.79 bits per heavy atom. The molecule has 1 aromatic carbocycles. The Balaban J connectivity index is 2.03. The monoisotopic (exact) mass is 267 g/mol. The van der Waals surface area contributed by atoms with Crippen LogP contribution in [0.3, 0.4) is 0 Å². The Labute approximate surface area is 109 Å². The summed E-state index contributed by atoms with van der Waals surface area (Å²) in [4.78, 5) is 4.14. The van der Waals surface area contributed by atoms with Gasteiger partial charge in [-0.1, -0.05) is 25.1 Å². The van der Waals surface area contributed by atoms with Crippen LogP contribution in [0.15, 0.2) is 22.7 Å². The Morgan fingerprint density at radius 1 is 1.32 bits per heavy atom. The third-order valence-corrected chi connectivity index (χ3v) is 2.54. The minimum absolute atomic E-state index is 0.154. The van der Waals surface area contributed by atoms with Crippen molar-refractivity contribution in [1.82, 2.24) is 15.5 Å². The topological polar surface area (TPSA) is 51.0 Å². The van der Waals surface area contributed by atoms with Gasteiger partial charge < -0.3 is 9.84 Å². The summed E-state index contributed by atoms with van der Waals surface area (Å²) in [5, 5.41) is 6.94. The number of benzene rings is 1. The number of rotatable bonds is 5. The number of aromatic nitrogens is 2. The Bertz CT molecular complexity index is 555. The molecule has 0 spiro atoms. The van der Waals surface area contributed by atoms with E-state index in [0.29, 0.717) is 29.9 Å². The maximum atomic E-state index is 13.5. The summed E-state index contributed by atoms with van der Waals surface area (Å²) in [6.45, 7) is 4.51. The average Bonchev–Trinajstić information content (AvgIpc) is 2.78. The number of nitrogens with one attached hydrogen (secondary N) is 1. The van der Waals surface area contributed by atoms with E-state index >= 15 is 0 Å². The largest absolute Gasteiger partial charge is 0.339 e. The second kappa shape index (κ2) is 5.88. The predicted molar refractivity (Wildman–Crippen MR) is 65.4 cm³/mol. The van der Waals surface area contributed by atoms with Gasteiger partial charge in [0.15, 0.2) is 5.82 Å². The maximum absolute atomic E-state index is 13.5. The molecule has 0 unspecified atom stereocenters. The molecular weight excluding hydrogens is 252 g/mol. The summed E-state index contributed by atoms with van der Waals surface area (Å²) in [7, 11) is 0.